The van der Waals surface area contributed by atoms with Crippen LogP contribution in [0.1, 0.15) is 93.1 Å². The van der Waals surface area contributed by atoms with Crippen molar-refractivity contribution >= 4 is 23.5 Å². The van der Waals surface area contributed by atoms with E-state index in [9.17, 15) is 33.0 Å². The molecule has 7 nitrogen and oxygen atoms in total. The van der Waals surface area contributed by atoms with E-state index in [0.717, 1.165) is 10.9 Å². The lowest BCUT2D eigenvalue weighted by Crippen LogP contribution is -2.43. The molecule has 0 spiro atoms. The molecule has 4 atom stereocenters. The molecule has 2 unspecified atom stereocenters. The Morgan fingerprint density at radius 1 is 1.15 bits per heavy atom. The van der Waals surface area contributed by atoms with Gasteiger partial charge in [-0.05, 0) is 68.8 Å². The van der Waals surface area contributed by atoms with E-state index in [1.54, 1.807) is 31.2 Å². The van der Waals surface area contributed by atoms with Gasteiger partial charge in [0.1, 0.15) is 0 Å². The highest BCUT2D eigenvalue weighted by Crippen LogP contribution is 2.67. The fourth-order valence-electron chi connectivity index (χ4n) is 7.09. The van der Waals surface area contributed by atoms with Crippen LogP contribution in [0.5, 0.6) is 0 Å². The lowest BCUT2D eigenvalue weighted by atomic mass is 9.74. The minimum absolute atomic E-state index is 0.139. The highest BCUT2D eigenvalue weighted by atomic mass is 35.5. The number of alkyl halides is 3. The Hall–Kier alpha value is -2.59. The Morgan fingerprint density at radius 3 is 2.30 bits per heavy atom. The molecule has 1 amide bonds. The van der Waals surface area contributed by atoms with E-state index >= 15 is 0 Å². The van der Waals surface area contributed by atoms with Crippen molar-refractivity contribution in [2.45, 2.75) is 83.7 Å². The number of carbonyl (C=O) groups is 2. The lowest BCUT2D eigenvalue weighted by molar-refractivity contribution is -0.152. The van der Waals surface area contributed by atoms with Gasteiger partial charge >= 0.3 is 12.1 Å². The first-order chi connectivity index (χ1) is 18.6. The van der Waals surface area contributed by atoms with Crippen molar-refractivity contribution in [2.24, 2.45) is 22.7 Å². The first-order valence-corrected chi connectivity index (χ1v) is 14.1. The number of hydrogen-bond donors (Lipinski definition) is 2. The summed E-state index contributed by atoms with van der Waals surface area (Å²) in [6.07, 6.45) is -2.91. The largest absolute Gasteiger partial charge is 0.481 e. The van der Waals surface area contributed by atoms with Crippen LogP contribution >= 0.6 is 11.6 Å². The first-order valence-electron chi connectivity index (χ1n) is 13.8. The Labute approximate surface area is 236 Å². The van der Waals surface area contributed by atoms with Crippen LogP contribution in [0.4, 0.5) is 13.2 Å². The number of nitrogens with zero attached hydrogens (tertiary/aromatic N) is 3. The molecule has 0 saturated heterocycles. The van der Waals surface area contributed by atoms with Gasteiger partial charge in [0.05, 0.1) is 35.9 Å². The lowest BCUT2D eigenvalue weighted by Gasteiger charge is -2.35. The van der Waals surface area contributed by atoms with Crippen LogP contribution in [0.3, 0.4) is 0 Å². The molecule has 0 bridgehead atoms. The summed E-state index contributed by atoms with van der Waals surface area (Å²) in [5.74, 6) is -1.04. The van der Waals surface area contributed by atoms with E-state index in [4.69, 9.17) is 11.6 Å². The summed E-state index contributed by atoms with van der Waals surface area (Å²) in [5, 5.41) is 25.0. The van der Waals surface area contributed by atoms with Crippen molar-refractivity contribution in [2.75, 3.05) is 6.54 Å². The SMILES string of the molecule is CC1(C(=O)O)CCC(n2ncc(C(=O)N(CC(O)c3ccccc3Cl)C3C[C@@H]4[C@H](C3)C4(C)C)c2C(F)(F)F)CC1. The van der Waals surface area contributed by atoms with Crippen molar-refractivity contribution in [3.63, 3.8) is 0 Å². The second-order valence-electron chi connectivity index (χ2n) is 12.6. The topological polar surface area (TPSA) is 95.7 Å². The van der Waals surface area contributed by atoms with Crippen molar-refractivity contribution in [1.82, 2.24) is 14.7 Å². The number of aromatic nitrogens is 2. The molecule has 40 heavy (non-hydrogen) atoms. The average Bonchev–Trinajstić information content (AvgIpc) is 3.31. The number of hydrogen-bond acceptors (Lipinski definition) is 4. The molecule has 2 N–H and O–H groups in total. The van der Waals surface area contributed by atoms with E-state index < -0.39 is 46.9 Å². The zero-order valence-electron chi connectivity index (χ0n) is 22.8. The highest BCUT2D eigenvalue weighted by Gasteiger charge is 2.63. The highest BCUT2D eigenvalue weighted by molar-refractivity contribution is 6.31. The second kappa shape index (κ2) is 10.0. The van der Waals surface area contributed by atoms with Gasteiger partial charge < -0.3 is 15.1 Å². The molecule has 1 aromatic carbocycles. The van der Waals surface area contributed by atoms with Crippen molar-refractivity contribution in [1.29, 1.82) is 0 Å². The summed E-state index contributed by atoms with van der Waals surface area (Å²) in [4.78, 5) is 27.0. The van der Waals surface area contributed by atoms with E-state index in [0.29, 0.717) is 35.3 Å². The van der Waals surface area contributed by atoms with Crippen LogP contribution in [0.25, 0.3) is 0 Å². The van der Waals surface area contributed by atoms with Crippen molar-refractivity contribution in [3.8, 4) is 0 Å². The van der Waals surface area contributed by atoms with Gasteiger partial charge in [-0.1, -0.05) is 43.6 Å². The predicted octanol–water partition coefficient (Wildman–Crippen LogP) is 6.37. The number of carboxylic acid groups (broad SMARTS) is 1. The number of carboxylic acids is 1. The molecule has 2 aromatic rings. The van der Waals surface area contributed by atoms with Gasteiger partial charge in [0, 0.05) is 16.6 Å². The van der Waals surface area contributed by atoms with Gasteiger partial charge in [-0.25, -0.2) is 0 Å². The molecule has 1 aromatic heterocycles. The molecular weight excluding hydrogens is 547 g/mol. The van der Waals surface area contributed by atoms with Crippen LogP contribution in [0, 0.1) is 22.7 Å². The maximum Gasteiger partial charge on any atom is 0.433 e. The summed E-state index contributed by atoms with van der Waals surface area (Å²) < 4.78 is 44.5. The van der Waals surface area contributed by atoms with Gasteiger partial charge in [-0.3, -0.25) is 14.3 Å². The van der Waals surface area contributed by atoms with Crippen LogP contribution in [-0.2, 0) is 11.0 Å². The number of rotatable bonds is 7. The third kappa shape index (κ3) is 5.02. The summed E-state index contributed by atoms with van der Waals surface area (Å²) in [6, 6.07) is 5.68. The Morgan fingerprint density at radius 2 is 1.75 bits per heavy atom. The Kier molecular flexibility index (Phi) is 7.26. The molecule has 3 fully saturated rings. The average molecular weight is 582 g/mol. The van der Waals surface area contributed by atoms with E-state index in [1.165, 1.54) is 4.90 Å². The molecule has 0 aliphatic heterocycles. The molecule has 1 heterocycles. The fraction of sp³-hybridized carbons (Fsp3) is 0.621. The van der Waals surface area contributed by atoms with Crippen LogP contribution in [0.15, 0.2) is 30.5 Å². The Bertz CT molecular complexity index is 1290. The summed E-state index contributed by atoms with van der Waals surface area (Å²) in [7, 11) is 0. The molecule has 218 valence electrons. The quantitative estimate of drug-likeness (QED) is 0.396. The van der Waals surface area contributed by atoms with Crippen LogP contribution in [0.2, 0.25) is 5.02 Å². The smallest absolute Gasteiger partial charge is 0.433 e. The fourth-order valence-corrected chi connectivity index (χ4v) is 7.35. The first kappa shape index (κ1) is 28.9. The molecule has 3 aliphatic carbocycles. The predicted molar refractivity (Wildman–Crippen MR) is 142 cm³/mol. The number of aliphatic hydroxyl groups excluding tert-OH is 1. The number of fused-ring (bicyclic) bond motifs is 1. The number of aliphatic carboxylic acids is 1. The third-order valence-electron chi connectivity index (χ3n) is 9.89. The van der Waals surface area contributed by atoms with Crippen LogP contribution < -0.4 is 0 Å². The third-order valence-corrected chi connectivity index (χ3v) is 10.2. The van der Waals surface area contributed by atoms with Crippen molar-refractivity contribution < 1.29 is 33.0 Å². The van der Waals surface area contributed by atoms with E-state index in [1.807, 2.05) is 0 Å². The number of halogens is 4. The molecule has 3 saturated carbocycles. The van der Waals surface area contributed by atoms with Gasteiger partial charge in [0.2, 0.25) is 0 Å². The van der Waals surface area contributed by atoms with E-state index in [2.05, 4.69) is 18.9 Å². The van der Waals surface area contributed by atoms with Gasteiger partial charge in [0.15, 0.2) is 5.69 Å². The molecular formula is C29H35ClF3N3O4. The number of amides is 1. The summed E-state index contributed by atoms with van der Waals surface area (Å²) >= 11 is 6.28. The minimum Gasteiger partial charge on any atom is -0.481 e. The zero-order chi connectivity index (χ0) is 29.2. The van der Waals surface area contributed by atoms with Gasteiger partial charge in [-0.2, -0.15) is 18.3 Å². The summed E-state index contributed by atoms with van der Waals surface area (Å²) in [6.45, 7) is 5.73. The maximum absolute atomic E-state index is 14.5. The van der Waals surface area contributed by atoms with Crippen molar-refractivity contribution in [3.05, 3.63) is 52.3 Å². The van der Waals surface area contributed by atoms with Gasteiger partial charge in [-0.15, -0.1) is 0 Å². The monoisotopic (exact) mass is 581 g/mol. The number of carbonyl (C=O) groups excluding carboxylic acids is 1. The second-order valence-corrected chi connectivity index (χ2v) is 13.0. The minimum atomic E-state index is -4.86. The number of aliphatic hydroxyl groups is 1. The molecule has 11 heteroatoms. The summed E-state index contributed by atoms with van der Waals surface area (Å²) in [5.41, 5.74) is -2.13. The molecule has 5 rings (SSSR count). The van der Waals surface area contributed by atoms with E-state index in [-0.39, 0.29) is 43.7 Å². The zero-order valence-corrected chi connectivity index (χ0v) is 23.5. The van der Waals surface area contributed by atoms with Gasteiger partial charge in [0.25, 0.3) is 5.91 Å². The van der Waals surface area contributed by atoms with Crippen LogP contribution in [-0.4, -0.2) is 49.4 Å². The molecule has 0 radical (unpaired) electrons. The standard InChI is InChI=1S/C29H35ClF3N3O4/c1-27(2)20-12-17(13-21(20)27)35(15-23(37)18-6-4-5-7-22(18)30)25(38)19-14-34-36(24(19)29(31,32)33)16-8-10-28(3,11-9-16)26(39)40/h4-7,14,16-17,20-21,23,37H,8-13,15H2,1-3H3,(H,39,40)/t16?,17?,20-,21+,23?,28?. The molecule has 3 aliphatic rings. The maximum atomic E-state index is 14.5. The Balaban J connectivity index is 1.46. The number of benzene rings is 1. The normalized spacial score (nSPS) is 30.0.